The number of ether oxygens (including phenoxy) is 1. The van der Waals surface area contributed by atoms with Gasteiger partial charge in [0.05, 0.1) is 27.4 Å². The van der Waals surface area contributed by atoms with Crippen molar-refractivity contribution >= 4 is 63.8 Å². The average Bonchev–Trinajstić information content (AvgIpc) is 3.04. The summed E-state index contributed by atoms with van der Waals surface area (Å²) in [6, 6.07) is 10.1. The van der Waals surface area contributed by atoms with Gasteiger partial charge in [0.15, 0.2) is 5.78 Å². The maximum atomic E-state index is 14.3. The summed E-state index contributed by atoms with van der Waals surface area (Å²) >= 11 is 19.2. The average molecular weight is 575 g/mol. The van der Waals surface area contributed by atoms with Crippen LogP contribution in [0.2, 0.25) is 15.1 Å². The van der Waals surface area contributed by atoms with Crippen molar-refractivity contribution in [2.24, 2.45) is 11.1 Å². The second-order valence-electron chi connectivity index (χ2n) is 10.4. The molecule has 3 aliphatic rings. The van der Waals surface area contributed by atoms with Gasteiger partial charge in [-0.25, -0.2) is 4.79 Å². The molecule has 0 fully saturated rings. The number of amides is 1. The van der Waals surface area contributed by atoms with E-state index in [0.717, 1.165) is 0 Å². The number of anilines is 2. The molecular formula is C28H26Cl3N3O4. The lowest BCUT2D eigenvalue weighted by atomic mass is 9.60. The quantitative estimate of drug-likeness (QED) is 0.370. The SMILES string of the molecule is CCOC(=O)C1=C(N)N(c2cc(Cl)c(Cl)cc2Cl)C2=C(C(=O)CC(C)(C)C2)C12C(=O)N(C)c1ccccc12. The van der Waals surface area contributed by atoms with Crippen LogP contribution in [0, 0.1) is 5.41 Å². The summed E-state index contributed by atoms with van der Waals surface area (Å²) in [5.74, 6) is -1.57. The van der Waals surface area contributed by atoms with Crippen LogP contribution in [0.5, 0.6) is 0 Å². The third-order valence-electron chi connectivity index (χ3n) is 7.37. The van der Waals surface area contributed by atoms with Gasteiger partial charge in [-0.05, 0) is 37.0 Å². The van der Waals surface area contributed by atoms with Gasteiger partial charge in [-0.1, -0.05) is 66.8 Å². The van der Waals surface area contributed by atoms with Crippen molar-refractivity contribution in [3.63, 3.8) is 0 Å². The number of nitrogens with zero attached hydrogens (tertiary/aromatic N) is 2. The number of hydrogen-bond acceptors (Lipinski definition) is 6. The molecule has 2 aliphatic heterocycles. The number of Topliss-reactive ketones (excluding diaryl/α,β-unsaturated/α-hetero) is 1. The zero-order chi connectivity index (χ0) is 27.7. The number of hydrogen-bond donors (Lipinski definition) is 1. The molecule has 0 radical (unpaired) electrons. The van der Waals surface area contributed by atoms with Crippen LogP contribution >= 0.6 is 34.8 Å². The lowest BCUT2D eigenvalue weighted by Gasteiger charge is -2.47. The van der Waals surface area contributed by atoms with Gasteiger partial charge < -0.3 is 15.4 Å². The van der Waals surface area contributed by atoms with Gasteiger partial charge in [-0.3, -0.25) is 14.5 Å². The number of benzene rings is 2. The second-order valence-corrected chi connectivity index (χ2v) is 11.6. The molecule has 1 spiro atoms. The minimum Gasteiger partial charge on any atom is -0.462 e. The van der Waals surface area contributed by atoms with E-state index in [1.54, 1.807) is 43.1 Å². The molecule has 1 unspecified atom stereocenters. The van der Waals surface area contributed by atoms with Crippen LogP contribution in [-0.4, -0.2) is 31.3 Å². The van der Waals surface area contributed by atoms with Crippen molar-refractivity contribution in [1.82, 2.24) is 0 Å². The minimum atomic E-state index is -1.77. The minimum absolute atomic E-state index is 0.0395. The number of para-hydroxylation sites is 1. The molecule has 2 aromatic rings. The Balaban J connectivity index is 1.96. The molecule has 198 valence electrons. The van der Waals surface area contributed by atoms with Gasteiger partial charge >= 0.3 is 5.97 Å². The Kier molecular flexibility index (Phi) is 6.33. The molecule has 2 heterocycles. The van der Waals surface area contributed by atoms with E-state index in [1.807, 2.05) is 13.8 Å². The van der Waals surface area contributed by atoms with Crippen molar-refractivity contribution in [3.05, 3.63) is 79.7 Å². The summed E-state index contributed by atoms with van der Waals surface area (Å²) in [4.78, 5) is 45.2. The Morgan fingerprint density at radius 1 is 1.03 bits per heavy atom. The first kappa shape index (κ1) is 26.6. The van der Waals surface area contributed by atoms with E-state index < -0.39 is 22.7 Å². The van der Waals surface area contributed by atoms with Crippen LogP contribution < -0.4 is 15.5 Å². The number of ketones is 1. The van der Waals surface area contributed by atoms with Gasteiger partial charge in [-0.15, -0.1) is 0 Å². The van der Waals surface area contributed by atoms with Crippen LogP contribution in [0.25, 0.3) is 0 Å². The van der Waals surface area contributed by atoms with E-state index in [2.05, 4.69) is 0 Å². The van der Waals surface area contributed by atoms with Crippen LogP contribution in [0.15, 0.2) is 59.1 Å². The molecule has 0 saturated carbocycles. The molecule has 1 atom stereocenters. The van der Waals surface area contributed by atoms with Gasteiger partial charge in [0.25, 0.3) is 0 Å². The lowest BCUT2D eigenvalue weighted by molar-refractivity contribution is -0.140. The Labute approximate surface area is 235 Å². The van der Waals surface area contributed by atoms with Crippen molar-refractivity contribution in [2.75, 3.05) is 23.5 Å². The predicted molar refractivity (Wildman–Crippen MR) is 148 cm³/mol. The molecule has 2 N–H and O–H groups in total. The van der Waals surface area contributed by atoms with Crippen molar-refractivity contribution in [2.45, 2.75) is 39.0 Å². The highest BCUT2D eigenvalue weighted by molar-refractivity contribution is 6.44. The van der Waals surface area contributed by atoms with Gasteiger partial charge in [0.1, 0.15) is 16.8 Å². The van der Waals surface area contributed by atoms with Crippen LogP contribution in [0.1, 0.15) is 39.2 Å². The van der Waals surface area contributed by atoms with Crippen molar-refractivity contribution in [1.29, 1.82) is 0 Å². The van der Waals surface area contributed by atoms with Crippen LogP contribution in [0.3, 0.4) is 0 Å². The molecule has 5 rings (SSSR count). The monoisotopic (exact) mass is 573 g/mol. The van der Waals surface area contributed by atoms with Gasteiger partial charge in [-0.2, -0.15) is 0 Å². The molecule has 7 nitrogen and oxygen atoms in total. The Morgan fingerprint density at radius 2 is 1.68 bits per heavy atom. The molecule has 0 aromatic heterocycles. The van der Waals surface area contributed by atoms with Gasteiger partial charge in [0, 0.05) is 36.0 Å². The summed E-state index contributed by atoms with van der Waals surface area (Å²) in [5.41, 5.74) is 6.58. The largest absolute Gasteiger partial charge is 0.462 e. The second kappa shape index (κ2) is 9.04. The van der Waals surface area contributed by atoms with Crippen LogP contribution in [-0.2, 0) is 24.5 Å². The van der Waals surface area contributed by atoms with E-state index in [1.165, 1.54) is 17.0 Å². The number of carbonyl (C=O) groups is 3. The fourth-order valence-electron chi connectivity index (χ4n) is 5.94. The van der Waals surface area contributed by atoms with E-state index >= 15 is 0 Å². The number of fused-ring (bicyclic) bond motifs is 3. The summed E-state index contributed by atoms with van der Waals surface area (Å²) < 4.78 is 5.46. The number of carbonyl (C=O) groups excluding carboxylic acids is 3. The number of allylic oxidation sites excluding steroid dienone is 1. The normalized spacial score (nSPS) is 22.3. The zero-order valence-corrected chi connectivity index (χ0v) is 23.6. The first-order valence-electron chi connectivity index (χ1n) is 12.1. The van der Waals surface area contributed by atoms with Crippen molar-refractivity contribution < 1.29 is 19.1 Å². The smallest absolute Gasteiger partial charge is 0.339 e. The first-order chi connectivity index (χ1) is 17.9. The summed E-state index contributed by atoms with van der Waals surface area (Å²) in [5, 5.41) is 0.653. The third kappa shape index (κ3) is 3.59. The van der Waals surface area contributed by atoms with E-state index in [-0.39, 0.29) is 50.8 Å². The number of esters is 1. The lowest BCUT2D eigenvalue weighted by Crippen LogP contribution is -2.55. The molecule has 38 heavy (non-hydrogen) atoms. The molecule has 0 bridgehead atoms. The molecular weight excluding hydrogens is 549 g/mol. The number of nitrogens with two attached hydrogens (primary N) is 1. The highest BCUT2D eigenvalue weighted by Gasteiger charge is 2.64. The first-order valence-corrected chi connectivity index (χ1v) is 13.3. The Bertz CT molecular complexity index is 1500. The molecule has 2 aromatic carbocycles. The number of halogens is 3. The zero-order valence-electron chi connectivity index (χ0n) is 21.3. The molecule has 10 heteroatoms. The topological polar surface area (TPSA) is 92.9 Å². The Hall–Kier alpha value is -3.00. The fraction of sp³-hybridized carbons (Fsp3) is 0.321. The molecule has 0 saturated heterocycles. The van der Waals surface area contributed by atoms with Gasteiger partial charge in [0.2, 0.25) is 5.91 Å². The van der Waals surface area contributed by atoms with Crippen molar-refractivity contribution in [3.8, 4) is 0 Å². The maximum Gasteiger partial charge on any atom is 0.339 e. The standard InChI is InChI=1S/C28H26Cl3N3O4/c1-5-38-25(36)23-24(32)34(19-11-16(30)15(29)10-17(19)31)20-12-27(2,3)13-21(35)22(20)28(23)14-8-6-7-9-18(14)33(4)26(28)37/h6-11H,5,12-13,32H2,1-4H3. The van der Waals surface area contributed by atoms with E-state index in [4.69, 9.17) is 45.3 Å². The highest BCUT2D eigenvalue weighted by atomic mass is 35.5. The number of rotatable bonds is 3. The number of likely N-dealkylation sites (N-methyl/N-ethyl adjacent to an activating group) is 1. The van der Waals surface area contributed by atoms with Crippen LogP contribution in [0.4, 0.5) is 11.4 Å². The van der Waals surface area contributed by atoms with E-state index in [0.29, 0.717) is 29.1 Å². The highest BCUT2D eigenvalue weighted by Crippen LogP contribution is 2.59. The Morgan fingerprint density at radius 3 is 2.37 bits per heavy atom. The predicted octanol–water partition coefficient (Wildman–Crippen LogP) is 5.76. The summed E-state index contributed by atoms with van der Waals surface area (Å²) in [7, 11) is 1.62. The third-order valence-corrected chi connectivity index (χ3v) is 8.40. The summed E-state index contributed by atoms with van der Waals surface area (Å²) in [6.07, 6.45) is 0.550. The van der Waals surface area contributed by atoms with E-state index in [9.17, 15) is 14.4 Å². The maximum absolute atomic E-state index is 14.3. The fourth-order valence-corrected chi connectivity index (χ4v) is 6.57. The molecule has 1 amide bonds. The molecule has 1 aliphatic carbocycles. The summed E-state index contributed by atoms with van der Waals surface area (Å²) in [6.45, 7) is 5.63.